The summed E-state index contributed by atoms with van der Waals surface area (Å²) < 4.78 is 2.29. The molecule has 7 heteroatoms. The lowest BCUT2D eigenvalue weighted by Crippen LogP contribution is -2.61. The van der Waals surface area contributed by atoms with E-state index in [0.29, 0.717) is 11.4 Å². The van der Waals surface area contributed by atoms with Gasteiger partial charge < -0.3 is 14.4 Å². The molecule has 0 N–H and O–H groups in total. The van der Waals surface area contributed by atoms with Crippen LogP contribution in [-0.4, -0.2) is 21.2 Å². The molecule has 0 unspecified atom stereocenters. The van der Waals surface area contributed by atoms with Gasteiger partial charge in [0.25, 0.3) is 6.71 Å². The first-order valence-corrected chi connectivity index (χ1v) is 24.3. The Kier molecular flexibility index (Phi) is 9.58. The molecule has 10 aromatic carbocycles. The van der Waals surface area contributed by atoms with Crippen LogP contribution in [0.15, 0.2) is 249 Å². The fourth-order valence-electron chi connectivity index (χ4n) is 11.2. The third-order valence-corrected chi connectivity index (χ3v) is 14.4. The van der Waals surface area contributed by atoms with Gasteiger partial charge in [-0.25, -0.2) is 9.97 Å². The maximum atomic E-state index is 10.4. The Bertz CT molecular complexity index is 3960. The van der Waals surface area contributed by atoms with Crippen LogP contribution in [0.2, 0.25) is 0 Å². The van der Waals surface area contributed by atoms with E-state index in [-0.39, 0.29) is 6.71 Å². The van der Waals surface area contributed by atoms with Crippen LogP contribution >= 0.6 is 0 Å². The zero-order chi connectivity index (χ0) is 47.7. The van der Waals surface area contributed by atoms with Crippen LogP contribution in [0, 0.1) is 11.3 Å². The van der Waals surface area contributed by atoms with Crippen molar-refractivity contribution in [2.45, 2.75) is 0 Å². The second-order valence-corrected chi connectivity index (χ2v) is 18.4. The largest absolute Gasteiger partial charge is 0.311 e. The number of nitriles is 1. The predicted octanol–water partition coefficient (Wildman–Crippen LogP) is 14.2. The van der Waals surface area contributed by atoms with Gasteiger partial charge >= 0.3 is 0 Å². The van der Waals surface area contributed by atoms with Gasteiger partial charge in [0.2, 0.25) is 0 Å². The summed E-state index contributed by atoms with van der Waals surface area (Å²) in [5.41, 5.74) is 20.8. The molecule has 0 spiro atoms. The number of para-hydroxylation sites is 5. The fraction of sp³-hybridized carbons (Fsp3) is 0. The molecule has 0 amide bonds. The summed E-state index contributed by atoms with van der Waals surface area (Å²) >= 11 is 0. The molecule has 0 saturated carbocycles. The quantitative estimate of drug-likeness (QED) is 0.149. The zero-order valence-electron chi connectivity index (χ0n) is 38.9. The molecule has 0 saturated heterocycles. The number of benzene rings is 10. The molecule has 14 rings (SSSR count). The number of anilines is 6. The van der Waals surface area contributed by atoms with E-state index < -0.39 is 0 Å². The monoisotopic (exact) mass is 916 g/mol. The number of nitrogens with zero attached hydrogens (tertiary/aromatic N) is 6. The van der Waals surface area contributed by atoms with Crippen LogP contribution in [0.1, 0.15) is 5.56 Å². The van der Waals surface area contributed by atoms with E-state index in [2.05, 4.69) is 215 Å². The van der Waals surface area contributed by atoms with E-state index in [1.54, 1.807) is 0 Å². The Hall–Kier alpha value is -9.77. The molecule has 334 valence electrons. The van der Waals surface area contributed by atoms with Crippen molar-refractivity contribution < 1.29 is 0 Å². The normalized spacial score (nSPS) is 12.3. The average Bonchev–Trinajstić information content (AvgIpc) is 3.79. The number of hydrogen-bond donors (Lipinski definition) is 0. The summed E-state index contributed by atoms with van der Waals surface area (Å²) in [6.45, 7) is 0.0244. The molecule has 0 fully saturated rings. The molecule has 12 aromatic rings. The molecule has 0 aliphatic carbocycles. The van der Waals surface area contributed by atoms with Gasteiger partial charge in [-0.05, 0) is 119 Å². The molecule has 6 nitrogen and oxygen atoms in total. The molecule has 2 aromatic heterocycles. The Morgan fingerprint density at radius 2 is 0.889 bits per heavy atom. The average molecular weight is 917 g/mol. The third kappa shape index (κ3) is 6.58. The van der Waals surface area contributed by atoms with Crippen LogP contribution in [0.3, 0.4) is 0 Å². The van der Waals surface area contributed by atoms with Crippen LogP contribution < -0.4 is 26.2 Å². The first-order valence-electron chi connectivity index (χ1n) is 24.3. The number of fused-ring (bicyclic) bond motifs is 7. The van der Waals surface area contributed by atoms with Gasteiger partial charge in [0, 0.05) is 61.6 Å². The number of aromatic nitrogens is 3. The van der Waals surface area contributed by atoms with Crippen LogP contribution in [0.5, 0.6) is 0 Å². The minimum Gasteiger partial charge on any atom is -0.311 e. The molecule has 2 aliphatic rings. The highest BCUT2D eigenvalue weighted by Crippen LogP contribution is 2.47. The van der Waals surface area contributed by atoms with Gasteiger partial charge in [-0.15, -0.1) is 0 Å². The molecule has 4 heterocycles. The SMILES string of the molecule is N#Cc1ccc(-c2nc(-c3ccccc3)cc(-c3ccccc3)n2)c(-n2c3ccccc3c3cc(-c4cc5c6c(c4)N(c4ccccc4)c4ccccc4B6c4ccccc4N5c4ccccc4)ccc32)c1. The number of hydrogen-bond acceptors (Lipinski definition) is 5. The van der Waals surface area contributed by atoms with Gasteiger partial charge in [0.15, 0.2) is 5.82 Å². The van der Waals surface area contributed by atoms with Gasteiger partial charge in [-0.2, -0.15) is 5.26 Å². The van der Waals surface area contributed by atoms with Gasteiger partial charge in [-0.3, -0.25) is 0 Å². The Morgan fingerprint density at radius 1 is 0.375 bits per heavy atom. The third-order valence-electron chi connectivity index (χ3n) is 14.4. The molecule has 0 bridgehead atoms. The Labute approximate surface area is 417 Å². The van der Waals surface area contributed by atoms with Gasteiger partial charge in [-0.1, -0.05) is 158 Å². The second-order valence-electron chi connectivity index (χ2n) is 18.4. The Morgan fingerprint density at radius 3 is 1.47 bits per heavy atom. The highest BCUT2D eigenvalue weighted by atomic mass is 15.2. The summed E-state index contributed by atoms with van der Waals surface area (Å²) in [6, 6.07) is 90.4. The molecule has 2 aliphatic heterocycles. The van der Waals surface area contributed by atoms with Crippen molar-refractivity contribution in [1.82, 2.24) is 14.5 Å². The van der Waals surface area contributed by atoms with E-state index >= 15 is 0 Å². The second kappa shape index (κ2) is 16.7. The van der Waals surface area contributed by atoms with E-state index in [4.69, 9.17) is 9.97 Å². The van der Waals surface area contributed by atoms with Crippen molar-refractivity contribution in [3.63, 3.8) is 0 Å². The lowest BCUT2D eigenvalue weighted by atomic mass is 9.33. The zero-order valence-corrected chi connectivity index (χ0v) is 38.9. The van der Waals surface area contributed by atoms with Crippen LogP contribution in [0.4, 0.5) is 34.1 Å². The smallest absolute Gasteiger partial charge is 0.252 e. The standard InChI is InChI=1S/C65H41BN6/c67-42-43-33-35-51(65-68-55(44-19-5-1-6-20-44)41-56(69-65)45-21-7-2-8-22-45)61(37-43)72-57-30-16-13-27-50(57)52-38-46(34-36-58(52)72)47-39-62-64-63(40-47)71(49-25-11-4-12-26-49)60-32-18-15-29-54(60)66(64)53-28-14-17-31-59(53)70(62)48-23-9-3-10-24-48/h1-41H. The molecule has 0 atom stereocenters. The maximum Gasteiger partial charge on any atom is 0.252 e. The lowest BCUT2D eigenvalue weighted by Gasteiger charge is -2.44. The number of rotatable bonds is 7. The lowest BCUT2D eigenvalue weighted by molar-refractivity contribution is 1.14. The summed E-state index contributed by atoms with van der Waals surface area (Å²) in [5, 5.41) is 12.6. The molecular formula is C65H41BN6. The topological polar surface area (TPSA) is 61.0 Å². The first kappa shape index (κ1) is 41.2. The van der Waals surface area contributed by atoms with E-state index in [9.17, 15) is 5.26 Å². The van der Waals surface area contributed by atoms with Crippen molar-refractivity contribution in [2.24, 2.45) is 0 Å². The predicted molar refractivity (Wildman–Crippen MR) is 297 cm³/mol. The van der Waals surface area contributed by atoms with E-state index in [1.165, 1.54) is 27.8 Å². The maximum absolute atomic E-state index is 10.4. The van der Waals surface area contributed by atoms with Gasteiger partial charge in [0.1, 0.15) is 0 Å². The minimum atomic E-state index is 0.0244. The van der Waals surface area contributed by atoms with Crippen molar-refractivity contribution in [3.05, 3.63) is 254 Å². The van der Waals surface area contributed by atoms with Crippen molar-refractivity contribution in [3.8, 4) is 56.8 Å². The molecule has 72 heavy (non-hydrogen) atoms. The Balaban J connectivity index is 1.00. The highest BCUT2D eigenvalue weighted by molar-refractivity contribution is 7.00. The summed E-state index contributed by atoms with van der Waals surface area (Å²) in [6.07, 6.45) is 0. The fourth-order valence-corrected chi connectivity index (χ4v) is 11.2. The van der Waals surface area contributed by atoms with Crippen molar-refractivity contribution in [1.29, 1.82) is 5.26 Å². The van der Waals surface area contributed by atoms with Crippen molar-refractivity contribution in [2.75, 3.05) is 9.80 Å². The highest BCUT2D eigenvalue weighted by Gasteiger charge is 2.43. The molecular weight excluding hydrogens is 876 g/mol. The van der Waals surface area contributed by atoms with Gasteiger partial charge in [0.05, 0.1) is 39.7 Å². The minimum absolute atomic E-state index is 0.0244. The first-order chi connectivity index (χ1) is 35.7. The van der Waals surface area contributed by atoms with E-state index in [1.807, 2.05) is 54.6 Å². The summed E-state index contributed by atoms with van der Waals surface area (Å²) in [7, 11) is 0. The summed E-state index contributed by atoms with van der Waals surface area (Å²) in [5.74, 6) is 0.577. The van der Waals surface area contributed by atoms with Crippen molar-refractivity contribution >= 4 is 79.0 Å². The van der Waals surface area contributed by atoms with E-state index in [0.717, 1.165) is 89.4 Å². The summed E-state index contributed by atoms with van der Waals surface area (Å²) in [4.78, 5) is 15.5. The van der Waals surface area contributed by atoms with Crippen LogP contribution in [-0.2, 0) is 0 Å². The molecule has 0 radical (unpaired) electrons. The van der Waals surface area contributed by atoms with Crippen LogP contribution in [0.25, 0.3) is 72.5 Å².